The summed E-state index contributed by atoms with van der Waals surface area (Å²) in [5.41, 5.74) is 0.938. The van der Waals surface area contributed by atoms with Gasteiger partial charge in [0.15, 0.2) is 8.32 Å². The van der Waals surface area contributed by atoms with Gasteiger partial charge in [0.25, 0.3) is 0 Å². The molecule has 1 amide bonds. The van der Waals surface area contributed by atoms with Gasteiger partial charge in [-0.15, -0.1) is 0 Å². The number of carbonyl (C=O) groups excluding carboxylic acids is 1. The normalized spacial score (nSPS) is 19.6. The minimum atomic E-state index is -1.81. The summed E-state index contributed by atoms with van der Waals surface area (Å²) in [5, 5.41) is 3.02. The van der Waals surface area contributed by atoms with Crippen molar-refractivity contribution in [3.8, 4) is 0 Å². The lowest BCUT2D eigenvalue weighted by Gasteiger charge is -2.37. The van der Waals surface area contributed by atoms with Crippen molar-refractivity contribution in [1.29, 1.82) is 0 Å². The predicted octanol–water partition coefficient (Wildman–Crippen LogP) is 3.34. The van der Waals surface area contributed by atoms with Crippen LogP contribution in [0.3, 0.4) is 0 Å². The summed E-state index contributed by atoms with van der Waals surface area (Å²) in [7, 11) is -1.81. The predicted molar refractivity (Wildman–Crippen MR) is 92.7 cm³/mol. The van der Waals surface area contributed by atoms with E-state index in [4.69, 9.17) is 4.43 Å². The SMILES string of the molecule is CC(C)(C)[Si](C)(C)OC[C@H]1CC(=O)NC(c2ccccc2)=N1. The molecule has 1 aliphatic rings. The first-order valence-electron chi connectivity index (χ1n) is 7.76. The number of benzene rings is 1. The van der Waals surface area contributed by atoms with Crippen LogP contribution in [0.1, 0.15) is 32.8 Å². The largest absolute Gasteiger partial charge is 0.415 e. The number of rotatable bonds is 4. The third-order valence-corrected chi connectivity index (χ3v) is 8.98. The van der Waals surface area contributed by atoms with Crippen LogP contribution in [0.25, 0.3) is 0 Å². The van der Waals surface area contributed by atoms with Gasteiger partial charge >= 0.3 is 0 Å². The zero-order chi connectivity index (χ0) is 16.4. The molecule has 22 heavy (non-hydrogen) atoms. The summed E-state index contributed by atoms with van der Waals surface area (Å²) in [6, 6.07) is 9.65. The lowest BCUT2D eigenvalue weighted by Crippen LogP contribution is -2.45. The van der Waals surface area contributed by atoms with Gasteiger partial charge in [-0.1, -0.05) is 51.1 Å². The van der Waals surface area contributed by atoms with Crippen LogP contribution in [0, 0.1) is 0 Å². The van der Waals surface area contributed by atoms with Crippen LogP contribution >= 0.6 is 0 Å². The molecule has 0 unspecified atom stereocenters. The first-order valence-corrected chi connectivity index (χ1v) is 10.7. The second kappa shape index (κ2) is 6.34. The summed E-state index contributed by atoms with van der Waals surface area (Å²) in [6.45, 7) is 11.6. The van der Waals surface area contributed by atoms with Crippen molar-refractivity contribution in [2.45, 2.75) is 51.4 Å². The Labute approximate surface area is 134 Å². The fourth-order valence-electron chi connectivity index (χ4n) is 2.02. The van der Waals surface area contributed by atoms with Crippen molar-refractivity contribution in [3.05, 3.63) is 35.9 Å². The van der Waals surface area contributed by atoms with Crippen molar-refractivity contribution in [2.75, 3.05) is 6.61 Å². The van der Waals surface area contributed by atoms with Gasteiger partial charge in [0.05, 0.1) is 19.1 Å². The highest BCUT2D eigenvalue weighted by Crippen LogP contribution is 2.36. The Bertz CT molecular complexity index is 562. The number of hydrogen-bond donors (Lipinski definition) is 1. The number of carbonyl (C=O) groups is 1. The third kappa shape index (κ3) is 4.05. The molecular formula is C17H26N2O2Si. The topological polar surface area (TPSA) is 50.7 Å². The minimum absolute atomic E-state index is 0.0117. The van der Waals surface area contributed by atoms with Gasteiger partial charge in [-0.3, -0.25) is 9.79 Å². The lowest BCUT2D eigenvalue weighted by atomic mass is 10.1. The molecule has 2 rings (SSSR count). The Morgan fingerprint density at radius 2 is 1.91 bits per heavy atom. The first kappa shape index (κ1) is 16.9. The third-order valence-electron chi connectivity index (χ3n) is 4.48. The molecule has 0 spiro atoms. The highest BCUT2D eigenvalue weighted by molar-refractivity contribution is 6.74. The van der Waals surface area contributed by atoms with Gasteiger partial charge in [-0.05, 0) is 18.1 Å². The molecule has 1 aromatic rings. The number of hydrogen-bond acceptors (Lipinski definition) is 3. The minimum Gasteiger partial charge on any atom is -0.415 e. The van der Waals surface area contributed by atoms with Crippen molar-refractivity contribution >= 4 is 20.1 Å². The van der Waals surface area contributed by atoms with E-state index in [1.807, 2.05) is 30.3 Å². The summed E-state index contributed by atoms with van der Waals surface area (Å²) < 4.78 is 6.22. The molecule has 0 saturated carbocycles. The van der Waals surface area contributed by atoms with E-state index in [1.165, 1.54) is 0 Å². The Morgan fingerprint density at radius 1 is 1.27 bits per heavy atom. The molecule has 0 saturated heterocycles. The summed E-state index contributed by atoms with van der Waals surface area (Å²) in [4.78, 5) is 16.6. The van der Waals surface area contributed by atoms with Crippen LogP contribution < -0.4 is 5.32 Å². The summed E-state index contributed by atoms with van der Waals surface area (Å²) in [6.07, 6.45) is 0.394. The maximum atomic E-state index is 11.9. The number of aliphatic imine (C=N–C) groups is 1. The molecule has 1 heterocycles. The van der Waals surface area contributed by atoms with E-state index in [0.29, 0.717) is 18.9 Å². The van der Waals surface area contributed by atoms with Gasteiger partial charge in [0, 0.05) is 5.56 Å². The van der Waals surface area contributed by atoms with Crippen LogP contribution in [-0.4, -0.2) is 32.7 Å². The van der Waals surface area contributed by atoms with E-state index in [1.54, 1.807) is 0 Å². The monoisotopic (exact) mass is 318 g/mol. The van der Waals surface area contributed by atoms with Gasteiger partial charge in [0.1, 0.15) is 5.84 Å². The molecule has 1 aliphatic heterocycles. The number of amides is 1. The van der Waals surface area contributed by atoms with E-state index in [-0.39, 0.29) is 17.0 Å². The van der Waals surface area contributed by atoms with Crippen LogP contribution in [0.4, 0.5) is 0 Å². The quantitative estimate of drug-likeness (QED) is 0.866. The second-order valence-electron chi connectivity index (χ2n) is 7.32. The zero-order valence-corrected chi connectivity index (χ0v) is 15.1. The molecule has 1 aromatic carbocycles. The molecular weight excluding hydrogens is 292 g/mol. The molecule has 1 atom stereocenters. The van der Waals surface area contributed by atoms with Gasteiger partial charge in [-0.25, -0.2) is 0 Å². The van der Waals surface area contributed by atoms with E-state index in [2.05, 4.69) is 44.2 Å². The molecule has 1 N–H and O–H groups in total. The van der Waals surface area contributed by atoms with Crippen molar-refractivity contribution in [1.82, 2.24) is 5.32 Å². The molecule has 0 bridgehead atoms. The van der Waals surface area contributed by atoms with Gasteiger partial charge in [0.2, 0.25) is 5.91 Å². The fraction of sp³-hybridized carbons (Fsp3) is 0.529. The summed E-state index contributed by atoms with van der Waals surface area (Å²) >= 11 is 0. The molecule has 5 heteroatoms. The van der Waals surface area contributed by atoms with Crippen molar-refractivity contribution in [2.24, 2.45) is 4.99 Å². The van der Waals surface area contributed by atoms with Gasteiger partial charge in [-0.2, -0.15) is 0 Å². The van der Waals surface area contributed by atoms with Gasteiger partial charge < -0.3 is 9.74 Å². The van der Waals surface area contributed by atoms with Crippen LogP contribution in [0.15, 0.2) is 35.3 Å². The smallest absolute Gasteiger partial charge is 0.227 e. The highest BCUT2D eigenvalue weighted by atomic mass is 28.4. The maximum absolute atomic E-state index is 11.9. The highest BCUT2D eigenvalue weighted by Gasteiger charge is 2.38. The average Bonchev–Trinajstić information content (AvgIpc) is 2.44. The van der Waals surface area contributed by atoms with E-state index in [9.17, 15) is 4.79 Å². The molecule has 0 aromatic heterocycles. The van der Waals surface area contributed by atoms with E-state index >= 15 is 0 Å². The molecule has 0 aliphatic carbocycles. The summed E-state index contributed by atoms with van der Waals surface area (Å²) in [5.74, 6) is 0.665. The standard InChI is InChI=1S/C17H26N2O2Si/c1-17(2,3)22(4,5)21-12-14-11-15(20)19-16(18-14)13-9-7-6-8-10-13/h6-10,14H,11-12H2,1-5H3,(H,18,19,20)/t14-/m1/s1. The number of amidine groups is 1. The second-order valence-corrected chi connectivity index (χ2v) is 12.1. The first-order chi connectivity index (χ1) is 10.2. The Hall–Kier alpha value is -1.46. The van der Waals surface area contributed by atoms with Crippen LogP contribution in [0.5, 0.6) is 0 Å². The van der Waals surface area contributed by atoms with Crippen molar-refractivity contribution < 1.29 is 9.22 Å². The molecule has 0 radical (unpaired) electrons. The number of nitrogens with one attached hydrogen (secondary N) is 1. The van der Waals surface area contributed by atoms with Crippen LogP contribution in [0.2, 0.25) is 18.1 Å². The molecule has 4 nitrogen and oxygen atoms in total. The Kier molecular flexibility index (Phi) is 4.87. The zero-order valence-electron chi connectivity index (χ0n) is 14.1. The maximum Gasteiger partial charge on any atom is 0.227 e. The van der Waals surface area contributed by atoms with E-state index < -0.39 is 8.32 Å². The average molecular weight is 318 g/mol. The Morgan fingerprint density at radius 3 is 2.50 bits per heavy atom. The Balaban J connectivity index is 2.10. The van der Waals surface area contributed by atoms with Crippen LogP contribution in [-0.2, 0) is 9.22 Å². The lowest BCUT2D eigenvalue weighted by molar-refractivity contribution is -0.120. The van der Waals surface area contributed by atoms with E-state index in [0.717, 1.165) is 5.56 Å². The molecule has 0 fully saturated rings. The molecule has 120 valence electrons. The fourth-order valence-corrected chi connectivity index (χ4v) is 3.06. The number of nitrogens with zero attached hydrogens (tertiary/aromatic N) is 1. The van der Waals surface area contributed by atoms with Crippen molar-refractivity contribution in [3.63, 3.8) is 0 Å².